The van der Waals surface area contributed by atoms with Gasteiger partial charge in [0.25, 0.3) is 0 Å². The first-order valence-corrected chi connectivity index (χ1v) is 13.7. The van der Waals surface area contributed by atoms with Crippen LogP contribution in [0.15, 0.2) is 47.1 Å². The zero-order chi connectivity index (χ0) is 27.0. The van der Waals surface area contributed by atoms with Crippen molar-refractivity contribution in [2.45, 2.75) is 81.2 Å². The van der Waals surface area contributed by atoms with Gasteiger partial charge in [-0.1, -0.05) is 47.8 Å². The molecular formula is C27H28F5O4S-. The summed E-state index contributed by atoms with van der Waals surface area (Å²) in [5.74, 6) is -6.86. The Kier molecular flexibility index (Phi) is 6.35. The van der Waals surface area contributed by atoms with E-state index >= 15 is 0 Å². The summed E-state index contributed by atoms with van der Waals surface area (Å²) in [4.78, 5) is 12.1. The number of carbonyl (C=O) groups is 1. The van der Waals surface area contributed by atoms with Crippen molar-refractivity contribution in [3.05, 3.63) is 58.2 Å². The second kappa shape index (κ2) is 8.81. The van der Waals surface area contributed by atoms with Crippen molar-refractivity contribution in [1.82, 2.24) is 0 Å². The highest BCUT2D eigenvalue weighted by atomic mass is 32.2. The molecule has 4 aliphatic carbocycles. The quantitative estimate of drug-likeness (QED) is 0.379. The number of aliphatic hydroxyl groups is 1. The molecule has 1 aromatic rings. The van der Waals surface area contributed by atoms with Gasteiger partial charge in [0.15, 0.2) is 5.78 Å². The van der Waals surface area contributed by atoms with Gasteiger partial charge in [-0.15, -0.1) is 0 Å². The first-order chi connectivity index (χ1) is 17.2. The van der Waals surface area contributed by atoms with Crippen LogP contribution < -0.4 is 0 Å². The van der Waals surface area contributed by atoms with Crippen LogP contribution in [0.1, 0.15) is 68.9 Å². The minimum absolute atomic E-state index is 0.0185. The molecule has 6 atom stereocenters. The summed E-state index contributed by atoms with van der Waals surface area (Å²) in [6.07, 6.45) is -3.12. The van der Waals surface area contributed by atoms with Crippen LogP contribution in [-0.2, 0) is 21.6 Å². The highest BCUT2D eigenvalue weighted by molar-refractivity contribution is 7.78. The Balaban J connectivity index is 1.66. The van der Waals surface area contributed by atoms with Gasteiger partial charge < -0.3 is 9.66 Å². The van der Waals surface area contributed by atoms with E-state index in [2.05, 4.69) is 0 Å². The van der Waals surface area contributed by atoms with Crippen molar-refractivity contribution >= 4 is 16.9 Å². The van der Waals surface area contributed by atoms with Crippen molar-refractivity contribution in [3.63, 3.8) is 0 Å². The van der Waals surface area contributed by atoms with Crippen molar-refractivity contribution in [1.29, 1.82) is 0 Å². The van der Waals surface area contributed by atoms with Crippen LogP contribution in [0.2, 0.25) is 0 Å². The van der Waals surface area contributed by atoms with Crippen LogP contribution in [0, 0.1) is 17.3 Å². The van der Waals surface area contributed by atoms with Gasteiger partial charge in [-0.2, -0.15) is 22.0 Å². The molecule has 1 unspecified atom stereocenters. The fourth-order valence-electron chi connectivity index (χ4n) is 7.70. The lowest BCUT2D eigenvalue weighted by molar-refractivity contribution is -0.362. The van der Waals surface area contributed by atoms with Crippen LogP contribution in [0.25, 0.3) is 0 Å². The smallest absolute Gasteiger partial charge is 0.456 e. The van der Waals surface area contributed by atoms with Crippen LogP contribution in [-0.4, -0.2) is 37.4 Å². The van der Waals surface area contributed by atoms with Gasteiger partial charge >= 0.3 is 12.1 Å². The highest BCUT2D eigenvalue weighted by Crippen LogP contribution is 2.70. The van der Waals surface area contributed by atoms with Crippen molar-refractivity contribution in [2.75, 3.05) is 0 Å². The number of benzene rings is 1. The molecule has 0 saturated heterocycles. The topological polar surface area (TPSA) is 77.4 Å². The zero-order valence-electron chi connectivity index (χ0n) is 20.2. The molecule has 2 fully saturated rings. The van der Waals surface area contributed by atoms with Crippen LogP contribution in [0.5, 0.6) is 0 Å². The van der Waals surface area contributed by atoms with Crippen molar-refractivity contribution in [2.24, 2.45) is 17.3 Å². The summed E-state index contributed by atoms with van der Waals surface area (Å²) in [5, 5.41) is 11.3. The maximum absolute atomic E-state index is 15.0. The van der Waals surface area contributed by atoms with Gasteiger partial charge in [0.2, 0.25) is 0 Å². The monoisotopic (exact) mass is 543 g/mol. The maximum Gasteiger partial charge on any atom is 0.456 e. The molecule has 0 aliphatic heterocycles. The average Bonchev–Trinajstić information content (AvgIpc) is 3.09. The Hall–Kier alpha value is -1.91. The highest BCUT2D eigenvalue weighted by Gasteiger charge is 2.79. The molecule has 5 rings (SSSR count). The van der Waals surface area contributed by atoms with Gasteiger partial charge in [0, 0.05) is 23.5 Å². The van der Waals surface area contributed by atoms with E-state index in [0.717, 1.165) is 16.7 Å². The molecule has 0 spiro atoms. The third-order valence-electron chi connectivity index (χ3n) is 9.43. The summed E-state index contributed by atoms with van der Waals surface area (Å²) in [6.45, 7) is 1.38. The molecule has 202 valence electrons. The average molecular weight is 544 g/mol. The molecule has 1 aromatic carbocycles. The number of halogens is 5. The van der Waals surface area contributed by atoms with Crippen LogP contribution in [0.4, 0.5) is 22.0 Å². The zero-order valence-corrected chi connectivity index (χ0v) is 21.1. The first kappa shape index (κ1) is 26.7. The van der Waals surface area contributed by atoms with E-state index in [1.807, 2.05) is 0 Å². The summed E-state index contributed by atoms with van der Waals surface area (Å²) < 4.78 is 93.0. The summed E-state index contributed by atoms with van der Waals surface area (Å²) in [5.41, 5.74) is -0.891. The second-order valence-electron chi connectivity index (χ2n) is 11.2. The Morgan fingerprint density at radius 2 is 1.76 bits per heavy atom. The fraction of sp³-hybridized carbons (Fsp3) is 0.593. The summed E-state index contributed by atoms with van der Waals surface area (Å²) in [6, 6.07) is 6.63. The predicted molar refractivity (Wildman–Crippen MR) is 125 cm³/mol. The molecule has 4 aliphatic rings. The summed E-state index contributed by atoms with van der Waals surface area (Å²) in [7, 11) is 0. The fourth-order valence-corrected chi connectivity index (χ4v) is 8.16. The number of hydrogen-bond donors (Lipinski definition) is 1. The SMILES string of the molecule is C[C@]12C[C@H](c3ccc(CS(=O)[O-])cc3)C3=C4CCC(=O)C=C4CC[C@H]3[C@@H]1CC[C@]2(O)C(F)(F)C(F)(F)F. The molecule has 1 N–H and O–H groups in total. The van der Waals surface area contributed by atoms with E-state index in [0.29, 0.717) is 36.8 Å². The van der Waals surface area contributed by atoms with E-state index in [4.69, 9.17) is 0 Å². The van der Waals surface area contributed by atoms with Gasteiger partial charge in [-0.3, -0.25) is 9.00 Å². The number of allylic oxidation sites excluding steroid dienone is 4. The molecule has 10 heteroatoms. The molecule has 0 radical (unpaired) electrons. The molecule has 37 heavy (non-hydrogen) atoms. The van der Waals surface area contributed by atoms with Gasteiger partial charge in [0.1, 0.15) is 5.60 Å². The summed E-state index contributed by atoms with van der Waals surface area (Å²) >= 11 is -2.30. The lowest BCUT2D eigenvalue weighted by atomic mass is 9.50. The lowest BCUT2D eigenvalue weighted by Crippen LogP contribution is -2.65. The second-order valence-corrected chi connectivity index (χ2v) is 12.1. The molecular weight excluding hydrogens is 515 g/mol. The Morgan fingerprint density at radius 3 is 2.38 bits per heavy atom. The third-order valence-corrected chi connectivity index (χ3v) is 10.00. The number of alkyl halides is 5. The molecule has 0 bridgehead atoms. The third kappa shape index (κ3) is 3.97. The van der Waals surface area contributed by atoms with Crippen molar-refractivity contribution < 1.29 is 40.6 Å². The van der Waals surface area contributed by atoms with E-state index in [1.54, 1.807) is 30.3 Å². The lowest BCUT2D eigenvalue weighted by Gasteiger charge is -2.56. The van der Waals surface area contributed by atoms with E-state index in [9.17, 15) is 40.6 Å². The maximum atomic E-state index is 15.0. The Morgan fingerprint density at radius 1 is 1.08 bits per heavy atom. The van der Waals surface area contributed by atoms with E-state index in [-0.39, 0.29) is 30.3 Å². The van der Waals surface area contributed by atoms with Crippen LogP contribution >= 0.6 is 0 Å². The number of ketones is 1. The van der Waals surface area contributed by atoms with E-state index in [1.165, 1.54) is 6.92 Å². The number of fused-ring (bicyclic) bond motifs is 4. The van der Waals surface area contributed by atoms with Gasteiger partial charge in [-0.05, 0) is 78.7 Å². The first-order valence-electron chi connectivity index (χ1n) is 12.5. The number of hydrogen-bond acceptors (Lipinski definition) is 4. The van der Waals surface area contributed by atoms with Gasteiger partial charge in [-0.25, -0.2) is 0 Å². The van der Waals surface area contributed by atoms with Crippen LogP contribution in [0.3, 0.4) is 0 Å². The van der Waals surface area contributed by atoms with E-state index < -0.39 is 52.5 Å². The molecule has 0 amide bonds. The minimum atomic E-state index is -5.89. The standard InChI is InChI=1S/C27H29F5O4S/c1-24-13-21(16-4-2-15(3-5-16)14-37(35)36)23-19-9-7-18(33)12-17(19)6-8-20(23)22(24)10-11-25(24,34)26(28,29)27(30,31)32/h2-5,12,20-22,34H,6-11,13-14H2,1H3,(H,35,36)/p-1/t20-,21+,22-,24-,25+/m0/s1. The van der Waals surface area contributed by atoms with Crippen molar-refractivity contribution in [3.8, 4) is 0 Å². The minimum Gasteiger partial charge on any atom is -0.772 e. The predicted octanol–water partition coefficient (Wildman–Crippen LogP) is 5.89. The number of rotatable bonds is 4. The number of carbonyl (C=O) groups excluding carboxylic acids is 1. The molecule has 2 saturated carbocycles. The molecule has 4 nitrogen and oxygen atoms in total. The normalized spacial score (nSPS) is 35.0. The Labute approximate surface area is 214 Å². The largest absolute Gasteiger partial charge is 0.772 e. The Bertz CT molecular complexity index is 1200. The molecule has 0 heterocycles. The molecule has 0 aromatic heterocycles. The van der Waals surface area contributed by atoms with Gasteiger partial charge in [0.05, 0.1) is 0 Å².